The molecule has 0 heterocycles. The zero-order valence-corrected chi connectivity index (χ0v) is 11.0. The minimum atomic E-state index is -0.0967. The van der Waals surface area contributed by atoms with Gasteiger partial charge >= 0.3 is 0 Å². The summed E-state index contributed by atoms with van der Waals surface area (Å²) < 4.78 is 0.898. The zero-order chi connectivity index (χ0) is 12.3. The summed E-state index contributed by atoms with van der Waals surface area (Å²) in [6.45, 7) is 1.97. The third-order valence-corrected chi connectivity index (χ3v) is 2.97. The molecule has 0 aliphatic carbocycles. The number of nitrogens with one attached hydrogen (secondary N) is 1. The fourth-order valence-corrected chi connectivity index (χ4v) is 1.94. The van der Waals surface area contributed by atoms with Gasteiger partial charge in [0, 0.05) is 15.7 Å². The van der Waals surface area contributed by atoms with Crippen molar-refractivity contribution in [1.82, 2.24) is 0 Å². The molecule has 0 unspecified atom stereocenters. The van der Waals surface area contributed by atoms with E-state index in [0.717, 1.165) is 15.7 Å². The number of para-hydroxylation sites is 1. The van der Waals surface area contributed by atoms with E-state index in [1.165, 1.54) is 0 Å². The van der Waals surface area contributed by atoms with Crippen LogP contribution in [0.3, 0.4) is 0 Å². The van der Waals surface area contributed by atoms with Crippen molar-refractivity contribution in [2.75, 3.05) is 5.32 Å². The Morgan fingerprint density at radius 3 is 2.59 bits per heavy atom. The number of carbonyl (C=O) groups excluding carboxylic acids is 1. The molecule has 2 aromatic carbocycles. The predicted octanol–water partition coefficient (Wildman–Crippen LogP) is 4.01. The Kier molecular flexibility index (Phi) is 3.59. The Morgan fingerprint density at radius 2 is 1.88 bits per heavy atom. The maximum absolute atomic E-state index is 12.0. The minimum absolute atomic E-state index is 0.0967. The van der Waals surface area contributed by atoms with Crippen LogP contribution < -0.4 is 5.32 Å². The van der Waals surface area contributed by atoms with Crippen LogP contribution in [-0.2, 0) is 0 Å². The molecule has 17 heavy (non-hydrogen) atoms. The largest absolute Gasteiger partial charge is 0.322 e. The zero-order valence-electron chi connectivity index (χ0n) is 9.41. The number of amides is 1. The predicted molar refractivity (Wildman–Crippen MR) is 73.3 cm³/mol. The first-order valence-electron chi connectivity index (χ1n) is 5.29. The van der Waals surface area contributed by atoms with Gasteiger partial charge in [-0.15, -0.1) is 0 Å². The van der Waals surface area contributed by atoms with E-state index in [4.69, 9.17) is 0 Å². The molecule has 0 radical (unpaired) electrons. The Labute approximate surface area is 109 Å². The minimum Gasteiger partial charge on any atom is -0.322 e. The van der Waals surface area contributed by atoms with Gasteiger partial charge in [-0.2, -0.15) is 0 Å². The van der Waals surface area contributed by atoms with E-state index in [-0.39, 0.29) is 5.91 Å². The van der Waals surface area contributed by atoms with Gasteiger partial charge in [-0.1, -0.05) is 40.2 Å². The number of carbonyl (C=O) groups is 1. The van der Waals surface area contributed by atoms with E-state index in [1.807, 2.05) is 43.3 Å². The lowest BCUT2D eigenvalue weighted by atomic mass is 10.1. The molecule has 0 saturated heterocycles. The van der Waals surface area contributed by atoms with Crippen molar-refractivity contribution < 1.29 is 4.79 Å². The van der Waals surface area contributed by atoms with Crippen LogP contribution in [0.15, 0.2) is 53.0 Å². The highest BCUT2D eigenvalue weighted by Gasteiger charge is 2.07. The molecule has 2 rings (SSSR count). The fraction of sp³-hybridized carbons (Fsp3) is 0.0714. The van der Waals surface area contributed by atoms with Crippen LogP contribution in [-0.4, -0.2) is 5.91 Å². The van der Waals surface area contributed by atoms with Gasteiger partial charge in [0.1, 0.15) is 0 Å². The Hall–Kier alpha value is -1.61. The number of aryl methyl sites for hydroxylation is 1. The summed E-state index contributed by atoms with van der Waals surface area (Å²) in [5.74, 6) is -0.0967. The average Bonchev–Trinajstić information content (AvgIpc) is 2.32. The van der Waals surface area contributed by atoms with E-state index >= 15 is 0 Å². The van der Waals surface area contributed by atoms with Gasteiger partial charge in [0.2, 0.25) is 0 Å². The number of benzene rings is 2. The molecule has 0 saturated carbocycles. The average molecular weight is 290 g/mol. The van der Waals surface area contributed by atoms with Gasteiger partial charge < -0.3 is 5.32 Å². The highest BCUT2D eigenvalue weighted by Crippen LogP contribution is 2.16. The van der Waals surface area contributed by atoms with Crippen LogP contribution in [0.25, 0.3) is 0 Å². The standard InChI is InChI=1S/C14H12BrNO/c1-10-5-2-3-8-13(10)16-14(17)11-6-4-7-12(15)9-11/h2-9H,1H3,(H,16,17). The Balaban J connectivity index is 2.20. The van der Waals surface area contributed by atoms with Crippen LogP contribution in [0.2, 0.25) is 0 Å². The van der Waals surface area contributed by atoms with Crippen molar-refractivity contribution in [2.24, 2.45) is 0 Å². The van der Waals surface area contributed by atoms with Crippen molar-refractivity contribution in [3.05, 3.63) is 64.1 Å². The van der Waals surface area contributed by atoms with Crippen molar-refractivity contribution in [1.29, 1.82) is 0 Å². The van der Waals surface area contributed by atoms with Crippen LogP contribution >= 0.6 is 15.9 Å². The molecule has 0 atom stereocenters. The maximum atomic E-state index is 12.0. The molecule has 2 aromatic rings. The van der Waals surface area contributed by atoms with Gasteiger partial charge in [0.15, 0.2) is 0 Å². The second kappa shape index (κ2) is 5.15. The quantitative estimate of drug-likeness (QED) is 0.889. The molecule has 0 aromatic heterocycles. The summed E-state index contributed by atoms with van der Waals surface area (Å²) in [5, 5.41) is 2.89. The molecule has 3 heteroatoms. The van der Waals surface area contributed by atoms with Crippen LogP contribution in [0, 0.1) is 6.92 Å². The molecule has 0 aliphatic heterocycles. The summed E-state index contributed by atoms with van der Waals surface area (Å²) in [6, 6.07) is 15.0. The Bertz CT molecular complexity index is 551. The van der Waals surface area contributed by atoms with E-state index in [2.05, 4.69) is 21.2 Å². The molecule has 0 spiro atoms. The lowest BCUT2D eigenvalue weighted by Crippen LogP contribution is -2.12. The number of halogens is 1. The lowest BCUT2D eigenvalue weighted by molar-refractivity contribution is 0.102. The van der Waals surface area contributed by atoms with Gasteiger partial charge in [-0.25, -0.2) is 0 Å². The Morgan fingerprint density at radius 1 is 1.12 bits per heavy atom. The number of rotatable bonds is 2. The summed E-state index contributed by atoms with van der Waals surface area (Å²) in [6.07, 6.45) is 0. The summed E-state index contributed by atoms with van der Waals surface area (Å²) >= 11 is 3.35. The van der Waals surface area contributed by atoms with Gasteiger partial charge in [-0.3, -0.25) is 4.79 Å². The first kappa shape index (κ1) is 11.9. The molecular formula is C14H12BrNO. The van der Waals surface area contributed by atoms with E-state index in [1.54, 1.807) is 12.1 Å². The van der Waals surface area contributed by atoms with Gasteiger partial charge in [0.05, 0.1) is 0 Å². The van der Waals surface area contributed by atoms with Crippen molar-refractivity contribution in [2.45, 2.75) is 6.92 Å². The third-order valence-electron chi connectivity index (χ3n) is 2.48. The van der Waals surface area contributed by atoms with E-state index in [0.29, 0.717) is 5.56 Å². The molecular weight excluding hydrogens is 278 g/mol. The van der Waals surface area contributed by atoms with Crippen molar-refractivity contribution in [3.8, 4) is 0 Å². The fourth-order valence-electron chi connectivity index (χ4n) is 1.54. The molecule has 0 fully saturated rings. The molecule has 1 N–H and O–H groups in total. The third kappa shape index (κ3) is 2.94. The summed E-state index contributed by atoms with van der Waals surface area (Å²) in [7, 11) is 0. The first-order valence-corrected chi connectivity index (χ1v) is 6.08. The van der Waals surface area contributed by atoms with Gasteiger partial charge in [-0.05, 0) is 36.8 Å². The lowest BCUT2D eigenvalue weighted by Gasteiger charge is -2.08. The molecule has 2 nitrogen and oxygen atoms in total. The molecule has 1 amide bonds. The summed E-state index contributed by atoms with van der Waals surface area (Å²) in [4.78, 5) is 12.0. The highest BCUT2D eigenvalue weighted by molar-refractivity contribution is 9.10. The van der Waals surface area contributed by atoms with Crippen molar-refractivity contribution in [3.63, 3.8) is 0 Å². The van der Waals surface area contributed by atoms with Gasteiger partial charge in [0.25, 0.3) is 5.91 Å². The highest BCUT2D eigenvalue weighted by atomic mass is 79.9. The molecule has 86 valence electrons. The number of anilines is 1. The topological polar surface area (TPSA) is 29.1 Å². The summed E-state index contributed by atoms with van der Waals surface area (Å²) in [5.41, 5.74) is 2.54. The van der Waals surface area contributed by atoms with Crippen LogP contribution in [0.1, 0.15) is 15.9 Å². The normalized spacial score (nSPS) is 10.0. The first-order chi connectivity index (χ1) is 8.16. The molecule has 0 aliphatic rings. The smallest absolute Gasteiger partial charge is 0.255 e. The van der Waals surface area contributed by atoms with Crippen molar-refractivity contribution >= 4 is 27.5 Å². The number of hydrogen-bond donors (Lipinski definition) is 1. The van der Waals surface area contributed by atoms with Crippen LogP contribution in [0.4, 0.5) is 5.69 Å². The SMILES string of the molecule is Cc1ccccc1NC(=O)c1cccc(Br)c1. The van der Waals surface area contributed by atoms with E-state index in [9.17, 15) is 4.79 Å². The molecule has 0 bridgehead atoms. The van der Waals surface area contributed by atoms with Crippen LogP contribution in [0.5, 0.6) is 0 Å². The second-order valence-corrected chi connectivity index (χ2v) is 4.70. The second-order valence-electron chi connectivity index (χ2n) is 3.78. The number of hydrogen-bond acceptors (Lipinski definition) is 1. The monoisotopic (exact) mass is 289 g/mol. The maximum Gasteiger partial charge on any atom is 0.255 e. The van der Waals surface area contributed by atoms with E-state index < -0.39 is 0 Å².